The molecule has 260 valence electrons. The molecule has 0 unspecified atom stereocenters. The molecular formula is C47H62N2. The van der Waals surface area contributed by atoms with Gasteiger partial charge in [-0.2, -0.15) is 0 Å². The van der Waals surface area contributed by atoms with Gasteiger partial charge in [-0.3, -0.25) is 0 Å². The fourth-order valence-electron chi connectivity index (χ4n) is 9.15. The average molecular weight is 655 g/mol. The number of unbranched alkanes of at least 4 members (excludes halogenated alkanes) is 4. The fraction of sp³-hybridized carbons (Fsp3) is 0.489. The molecule has 0 radical (unpaired) electrons. The van der Waals surface area contributed by atoms with Crippen LogP contribution in [0.15, 0.2) is 97.1 Å². The maximum absolute atomic E-state index is 5.94. The smallest absolute Gasteiger partial charge is 0.0314 e. The van der Waals surface area contributed by atoms with Crippen LogP contribution in [-0.2, 0) is 18.3 Å². The molecule has 2 nitrogen and oxygen atoms in total. The van der Waals surface area contributed by atoms with E-state index in [0.717, 1.165) is 42.0 Å². The predicted molar refractivity (Wildman–Crippen MR) is 211 cm³/mol. The van der Waals surface area contributed by atoms with Gasteiger partial charge in [0, 0.05) is 16.8 Å². The Morgan fingerprint density at radius 3 is 1.24 bits per heavy atom. The van der Waals surface area contributed by atoms with Crippen LogP contribution in [0.2, 0.25) is 0 Å². The Labute approximate surface area is 298 Å². The monoisotopic (exact) mass is 654 g/mol. The highest BCUT2D eigenvalue weighted by Crippen LogP contribution is 2.48. The first-order valence-electron chi connectivity index (χ1n) is 19.9. The van der Waals surface area contributed by atoms with E-state index in [4.69, 9.17) is 11.5 Å². The Morgan fingerprint density at radius 2 is 0.816 bits per heavy atom. The van der Waals surface area contributed by atoms with Crippen LogP contribution in [0, 0.1) is 17.8 Å². The van der Waals surface area contributed by atoms with Crippen molar-refractivity contribution in [3.05, 3.63) is 130 Å². The Balaban J connectivity index is 1.08. The van der Waals surface area contributed by atoms with Crippen molar-refractivity contribution >= 4 is 11.4 Å². The van der Waals surface area contributed by atoms with Crippen molar-refractivity contribution in [2.45, 2.75) is 128 Å². The SMILES string of the molecule is CCCCCCCC1CCC(CCC2CCC(c3ccc(Cc4ccc(N)cc4)cc3)(c3ccc(Cc4ccc(N)cc4)cc3)CC2)CC1. The molecule has 0 saturated heterocycles. The topological polar surface area (TPSA) is 52.0 Å². The van der Waals surface area contributed by atoms with Gasteiger partial charge in [-0.05, 0) is 114 Å². The van der Waals surface area contributed by atoms with Crippen LogP contribution < -0.4 is 11.5 Å². The molecule has 2 aliphatic rings. The van der Waals surface area contributed by atoms with Crippen LogP contribution in [0.25, 0.3) is 0 Å². The molecule has 0 spiro atoms. The third-order valence-electron chi connectivity index (χ3n) is 12.4. The molecule has 6 rings (SSSR count). The zero-order valence-electron chi connectivity index (χ0n) is 30.4. The highest BCUT2D eigenvalue weighted by atomic mass is 14.5. The molecule has 2 aliphatic carbocycles. The molecule has 4 aromatic rings. The van der Waals surface area contributed by atoms with Crippen LogP contribution in [0.4, 0.5) is 11.4 Å². The normalized spacial score (nSPS) is 19.5. The Hall–Kier alpha value is -3.52. The predicted octanol–water partition coefficient (Wildman–Crippen LogP) is 12.5. The van der Waals surface area contributed by atoms with Gasteiger partial charge in [-0.15, -0.1) is 0 Å². The number of nitrogen functional groups attached to an aromatic ring is 2. The summed E-state index contributed by atoms with van der Waals surface area (Å²) in [5, 5.41) is 0. The lowest BCUT2D eigenvalue weighted by Gasteiger charge is -2.42. The van der Waals surface area contributed by atoms with Gasteiger partial charge in [0.15, 0.2) is 0 Å². The molecule has 0 bridgehead atoms. The van der Waals surface area contributed by atoms with Gasteiger partial charge < -0.3 is 11.5 Å². The summed E-state index contributed by atoms with van der Waals surface area (Å²) in [6, 6.07) is 35.9. The second-order valence-corrected chi connectivity index (χ2v) is 15.9. The van der Waals surface area contributed by atoms with Crippen LogP contribution in [0.1, 0.15) is 143 Å². The summed E-state index contributed by atoms with van der Waals surface area (Å²) in [6.07, 6.45) is 24.6. The molecule has 2 heteroatoms. The lowest BCUT2D eigenvalue weighted by Crippen LogP contribution is -2.33. The maximum atomic E-state index is 5.94. The number of rotatable bonds is 15. The summed E-state index contributed by atoms with van der Waals surface area (Å²) in [5.74, 6) is 2.87. The number of hydrogen-bond acceptors (Lipinski definition) is 2. The molecule has 0 aliphatic heterocycles. The van der Waals surface area contributed by atoms with Crippen molar-refractivity contribution < 1.29 is 0 Å². The molecule has 0 aromatic heterocycles. The van der Waals surface area contributed by atoms with Gasteiger partial charge in [-0.25, -0.2) is 0 Å². The molecular weight excluding hydrogens is 593 g/mol. The lowest BCUT2D eigenvalue weighted by molar-refractivity contribution is 0.208. The summed E-state index contributed by atoms with van der Waals surface area (Å²) >= 11 is 0. The van der Waals surface area contributed by atoms with Crippen LogP contribution in [0.5, 0.6) is 0 Å². The van der Waals surface area contributed by atoms with Gasteiger partial charge in [0.1, 0.15) is 0 Å². The Morgan fingerprint density at radius 1 is 0.449 bits per heavy atom. The Kier molecular flexibility index (Phi) is 12.6. The van der Waals surface area contributed by atoms with E-state index in [9.17, 15) is 0 Å². The van der Waals surface area contributed by atoms with Crippen molar-refractivity contribution in [3.63, 3.8) is 0 Å². The Bertz CT molecular complexity index is 1430. The van der Waals surface area contributed by atoms with Crippen LogP contribution in [0.3, 0.4) is 0 Å². The number of hydrogen-bond donors (Lipinski definition) is 2. The standard InChI is InChI=1S/C47H62N2/c1-2-3-4-5-6-7-36-8-10-37(11-9-36)12-13-38-30-32-47(33-31-38,43-22-14-39(15-23-43)34-41-18-26-45(48)27-19-41)44-24-16-40(17-25-44)35-42-20-28-46(49)29-21-42/h14-29,36-38H,2-13,30-35,48-49H2,1H3. The lowest BCUT2D eigenvalue weighted by atomic mass is 9.62. The van der Waals surface area contributed by atoms with Gasteiger partial charge in [0.2, 0.25) is 0 Å². The summed E-state index contributed by atoms with van der Waals surface area (Å²) in [6.45, 7) is 2.32. The summed E-state index contributed by atoms with van der Waals surface area (Å²) in [4.78, 5) is 0. The number of benzene rings is 4. The van der Waals surface area contributed by atoms with Crippen molar-refractivity contribution in [1.82, 2.24) is 0 Å². The van der Waals surface area contributed by atoms with Gasteiger partial charge in [0.05, 0.1) is 0 Å². The molecule has 49 heavy (non-hydrogen) atoms. The first-order chi connectivity index (χ1) is 24.0. The van der Waals surface area contributed by atoms with E-state index < -0.39 is 0 Å². The van der Waals surface area contributed by atoms with E-state index in [1.807, 2.05) is 24.3 Å². The zero-order valence-corrected chi connectivity index (χ0v) is 30.4. The summed E-state index contributed by atoms with van der Waals surface area (Å²) in [5.41, 5.74) is 21.9. The highest BCUT2D eigenvalue weighted by Gasteiger charge is 2.38. The molecule has 0 atom stereocenters. The molecule has 0 amide bonds. The largest absolute Gasteiger partial charge is 0.399 e. The zero-order chi connectivity index (χ0) is 33.9. The van der Waals surface area contributed by atoms with E-state index in [-0.39, 0.29) is 5.41 Å². The van der Waals surface area contributed by atoms with E-state index in [2.05, 4.69) is 79.7 Å². The van der Waals surface area contributed by atoms with Gasteiger partial charge in [0.25, 0.3) is 0 Å². The number of nitrogens with two attached hydrogens (primary N) is 2. The third kappa shape index (κ3) is 9.80. The van der Waals surface area contributed by atoms with Crippen molar-refractivity contribution in [2.75, 3.05) is 11.5 Å². The van der Waals surface area contributed by atoms with Crippen molar-refractivity contribution in [2.24, 2.45) is 17.8 Å². The van der Waals surface area contributed by atoms with Gasteiger partial charge >= 0.3 is 0 Å². The number of anilines is 2. The maximum Gasteiger partial charge on any atom is 0.0314 e. The van der Waals surface area contributed by atoms with Crippen LogP contribution >= 0.6 is 0 Å². The second-order valence-electron chi connectivity index (χ2n) is 15.9. The average Bonchev–Trinajstić information content (AvgIpc) is 3.14. The highest BCUT2D eigenvalue weighted by molar-refractivity contribution is 5.45. The molecule has 2 saturated carbocycles. The van der Waals surface area contributed by atoms with Crippen molar-refractivity contribution in [3.8, 4) is 0 Å². The molecule has 0 heterocycles. The van der Waals surface area contributed by atoms with E-state index in [1.54, 1.807) is 0 Å². The summed E-state index contributed by atoms with van der Waals surface area (Å²) < 4.78 is 0. The van der Waals surface area contributed by atoms with E-state index >= 15 is 0 Å². The minimum absolute atomic E-state index is 0.0884. The fourth-order valence-corrected chi connectivity index (χ4v) is 9.15. The van der Waals surface area contributed by atoms with Crippen LogP contribution in [-0.4, -0.2) is 0 Å². The first-order valence-corrected chi connectivity index (χ1v) is 19.9. The quantitative estimate of drug-likeness (QED) is 0.0990. The molecule has 2 fully saturated rings. The second kappa shape index (κ2) is 17.4. The molecule has 4 aromatic carbocycles. The minimum atomic E-state index is 0.0884. The third-order valence-corrected chi connectivity index (χ3v) is 12.4. The van der Waals surface area contributed by atoms with Crippen molar-refractivity contribution in [1.29, 1.82) is 0 Å². The van der Waals surface area contributed by atoms with Gasteiger partial charge in [-0.1, -0.05) is 157 Å². The molecule has 4 N–H and O–H groups in total. The van der Waals surface area contributed by atoms with E-state index in [0.29, 0.717) is 0 Å². The summed E-state index contributed by atoms with van der Waals surface area (Å²) in [7, 11) is 0. The minimum Gasteiger partial charge on any atom is -0.399 e. The first kappa shape index (κ1) is 35.3. The van der Waals surface area contributed by atoms with E-state index in [1.165, 1.54) is 136 Å².